The van der Waals surface area contributed by atoms with Gasteiger partial charge in [0.1, 0.15) is 5.75 Å². The fourth-order valence-corrected chi connectivity index (χ4v) is 6.01. The van der Waals surface area contributed by atoms with E-state index >= 15 is 0 Å². The quantitative estimate of drug-likeness (QED) is 0.134. The van der Waals surface area contributed by atoms with Crippen molar-refractivity contribution in [1.29, 1.82) is 0 Å². The number of rotatable bonds is 8. The van der Waals surface area contributed by atoms with Crippen molar-refractivity contribution in [1.82, 2.24) is 19.9 Å². The van der Waals surface area contributed by atoms with Gasteiger partial charge in [0.05, 0.1) is 16.0 Å². The van der Waals surface area contributed by atoms with Crippen LogP contribution in [0.2, 0.25) is 0 Å². The number of nitrogens with zero attached hydrogens (tertiary/aromatic N) is 3. The summed E-state index contributed by atoms with van der Waals surface area (Å²) in [5, 5.41) is 11.8. The average Bonchev–Trinajstić information content (AvgIpc) is 3.63. The lowest BCUT2D eigenvalue weighted by Gasteiger charge is -2.32. The number of thioether (sulfide) groups is 1. The molecule has 0 saturated carbocycles. The van der Waals surface area contributed by atoms with Crippen LogP contribution in [0.1, 0.15) is 52.6 Å². The van der Waals surface area contributed by atoms with Crippen LogP contribution in [0.5, 0.6) is 5.75 Å². The molecule has 0 unspecified atom stereocenters. The summed E-state index contributed by atoms with van der Waals surface area (Å²) < 4.78 is 6.83. The van der Waals surface area contributed by atoms with Gasteiger partial charge in [-0.05, 0) is 43.5 Å². The topological polar surface area (TPSA) is 127 Å². The Labute approximate surface area is 228 Å². The van der Waals surface area contributed by atoms with E-state index in [1.54, 1.807) is 18.5 Å². The number of H-pyrrole nitrogens is 2. The number of imidazole rings is 2. The first-order valence-electron chi connectivity index (χ1n) is 12.6. The lowest BCUT2D eigenvalue weighted by Crippen LogP contribution is -2.33. The van der Waals surface area contributed by atoms with Gasteiger partial charge in [0.15, 0.2) is 22.4 Å². The largest absolute Gasteiger partial charge is 0.475 e. The number of nitrogens with one attached hydrogen (secondary N) is 2. The summed E-state index contributed by atoms with van der Waals surface area (Å²) in [4.78, 5) is 39.1. The lowest BCUT2D eigenvalue weighted by molar-refractivity contribution is -0.384. The number of non-ortho nitro benzene ring substituents is 1. The molecule has 39 heavy (non-hydrogen) atoms. The van der Waals surface area contributed by atoms with Crippen molar-refractivity contribution in [3.63, 3.8) is 0 Å². The number of ether oxygens (including phenoxy) is 1. The molecule has 3 aromatic carbocycles. The maximum Gasteiger partial charge on any atom is 0.271 e. The molecule has 0 bridgehead atoms. The number of hydrogen-bond donors (Lipinski definition) is 2. The van der Waals surface area contributed by atoms with E-state index < -0.39 is 10.5 Å². The summed E-state index contributed by atoms with van der Waals surface area (Å²) in [6.07, 6.45) is 5.58. The number of ketones is 1. The number of aromatic amines is 2. The minimum Gasteiger partial charge on any atom is -0.475 e. The van der Waals surface area contributed by atoms with Gasteiger partial charge in [-0.15, -0.1) is 0 Å². The number of nitro benzene ring substituents is 1. The molecular weight excluding hydrogens is 514 g/mol. The van der Waals surface area contributed by atoms with Crippen LogP contribution < -0.4 is 4.74 Å². The third-order valence-electron chi connectivity index (χ3n) is 7.12. The van der Waals surface area contributed by atoms with Crippen LogP contribution in [0.4, 0.5) is 5.69 Å². The Hall–Kier alpha value is -4.44. The molecule has 2 N–H and O–H groups in total. The minimum absolute atomic E-state index is 0.00463. The first-order valence-corrected chi connectivity index (χ1v) is 13.6. The molecule has 0 aliphatic heterocycles. The van der Waals surface area contributed by atoms with Crippen LogP contribution in [0.3, 0.4) is 0 Å². The molecule has 1 aliphatic carbocycles. The molecular formula is C29H25N5O4S. The van der Waals surface area contributed by atoms with E-state index in [-0.39, 0.29) is 11.5 Å². The molecule has 0 spiro atoms. The van der Waals surface area contributed by atoms with Crippen molar-refractivity contribution in [3.8, 4) is 5.75 Å². The van der Waals surface area contributed by atoms with Crippen molar-refractivity contribution < 1.29 is 14.5 Å². The normalized spacial score (nSPS) is 14.6. The van der Waals surface area contributed by atoms with Crippen molar-refractivity contribution in [2.24, 2.45) is 0 Å². The van der Waals surface area contributed by atoms with Gasteiger partial charge < -0.3 is 14.7 Å². The fourth-order valence-electron chi connectivity index (χ4n) is 5.07. The van der Waals surface area contributed by atoms with Crippen molar-refractivity contribution >= 4 is 34.3 Å². The highest BCUT2D eigenvalue weighted by atomic mass is 32.2. The van der Waals surface area contributed by atoms with Crippen molar-refractivity contribution in [3.05, 3.63) is 111 Å². The Morgan fingerprint density at radius 3 is 2.74 bits per heavy atom. The number of aromatic nitrogens is 4. The van der Waals surface area contributed by atoms with E-state index in [0.717, 1.165) is 40.6 Å². The molecule has 0 radical (unpaired) electrons. The van der Waals surface area contributed by atoms with Crippen LogP contribution >= 0.6 is 11.8 Å². The third-order valence-corrected chi connectivity index (χ3v) is 8.02. The Morgan fingerprint density at radius 2 is 1.97 bits per heavy atom. The molecule has 1 aliphatic rings. The molecule has 2 aromatic heterocycles. The summed E-state index contributed by atoms with van der Waals surface area (Å²) in [7, 11) is 0. The molecule has 196 valence electrons. The molecule has 5 aromatic rings. The number of fused-ring (bicyclic) bond motifs is 2. The van der Waals surface area contributed by atoms with Gasteiger partial charge in [0.25, 0.3) is 5.69 Å². The number of carbonyl (C=O) groups is 1. The highest BCUT2D eigenvalue weighted by molar-refractivity contribution is 7.98. The number of hydrogen-bond acceptors (Lipinski definition) is 7. The Bertz CT molecular complexity index is 1680. The van der Waals surface area contributed by atoms with Crippen LogP contribution in [0.15, 0.2) is 78.2 Å². The maximum absolute atomic E-state index is 12.8. The first-order chi connectivity index (χ1) is 18.9. The first kappa shape index (κ1) is 24.9. The summed E-state index contributed by atoms with van der Waals surface area (Å²) >= 11 is 1.47. The number of Topliss-reactive ketones (excluding diaryl/α,β-unsaturated/α-hetero) is 1. The van der Waals surface area contributed by atoms with Gasteiger partial charge >= 0.3 is 0 Å². The smallest absolute Gasteiger partial charge is 0.271 e. The van der Waals surface area contributed by atoms with Crippen LogP contribution in [0, 0.1) is 10.1 Å². The van der Waals surface area contributed by atoms with Gasteiger partial charge in [-0.25, -0.2) is 9.97 Å². The molecule has 1 atom stereocenters. The predicted molar refractivity (Wildman–Crippen MR) is 148 cm³/mol. The van der Waals surface area contributed by atoms with Crippen LogP contribution in [0.25, 0.3) is 11.0 Å². The number of nitro groups is 1. The Morgan fingerprint density at radius 1 is 1.13 bits per heavy atom. The molecule has 10 heteroatoms. The standard InChI is InChI=1S/C29H25N5O4S/c1-29(27-30-14-15-31-27,18-6-3-2-4-7-18)38-26-13-11-21-20(8-5-9-25(21)35)22(26)17-39-28-32-23-12-10-19(34(36)37)16-24(23)33-28/h2-4,6-7,10-16H,5,8-9,17H2,1H3,(H,30,31)(H,32,33)/t29-/m0/s1. The van der Waals surface area contributed by atoms with Gasteiger partial charge in [-0.3, -0.25) is 14.9 Å². The molecule has 2 heterocycles. The summed E-state index contributed by atoms with van der Waals surface area (Å²) in [6, 6.07) is 18.2. The molecule has 6 rings (SSSR count). The monoisotopic (exact) mass is 539 g/mol. The lowest BCUT2D eigenvalue weighted by atomic mass is 9.87. The second-order valence-electron chi connectivity index (χ2n) is 9.57. The van der Waals surface area contributed by atoms with Gasteiger partial charge in [0, 0.05) is 53.4 Å². The SMILES string of the molecule is C[C@](Oc1ccc2c(c1CSc1nc3cc([N+](=O)[O-])ccc3[nH]1)CCCC2=O)(c1ccccc1)c1ncc[nH]1. The molecule has 0 saturated heterocycles. The fraction of sp³-hybridized carbons (Fsp3) is 0.207. The highest BCUT2D eigenvalue weighted by Gasteiger charge is 2.35. The van der Waals surface area contributed by atoms with E-state index in [1.165, 1.54) is 23.9 Å². The molecule has 9 nitrogen and oxygen atoms in total. The van der Waals surface area contributed by atoms with E-state index in [4.69, 9.17) is 4.74 Å². The second-order valence-corrected chi connectivity index (χ2v) is 10.5. The van der Waals surface area contributed by atoms with Crippen LogP contribution in [-0.2, 0) is 17.8 Å². The second kappa shape index (κ2) is 10.0. The molecule has 0 fully saturated rings. The highest BCUT2D eigenvalue weighted by Crippen LogP contribution is 2.40. The summed E-state index contributed by atoms with van der Waals surface area (Å²) in [6.45, 7) is 1.98. The zero-order chi connectivity index (χ0) is 27.0. The van der Waals surface area contributed by atoms with E-state index in [0.29, 0.717) is 34.4 Å². The van der Waals surface area contributed by atoms with Crippen LogP contribution in [-0.4, -0.2) is 30.6 Å². The Kier molecular flexibility index (Phi) is 6.40. The summed E-state index contributed by atoms with van der Waals surface area (Å²) in [5.41, 5.74) is 3.95. The van der Waals surface area contributed by atoms with Gasteiger partial charge in [-0.1, -0.05) is 42.1 Å². The Balaban J connectivity index is 1.39. The number of benzene rings is 3. The zero-order valence-corrected chi connectivity index (χ0v) is 22.0. The van der Waals surface area contributed by atoms with Crippen molar-refractivity contribution in [2.75, 3.05) is 0 Å². The summed E-state index contributed by atoms with van der Waals surface area (Å²) in [5.74, 6) is 1.98. The zero-order valence-electron chi connectivity index (χ0n) is 21.1. The predicted octanol–water partition coefficient (Wildman–Crippen LogP) is 6.35. The average molecular weight is 540 g/mol. The minimum atomic E-state index is -0.907. The van der Waals surface area contributed by atoms with Gasteiger partial charge in [0.2, 0.25) is 0 Å². The number of carbonyl (C=O) groups excluding carboxylic acids is 1. The third kappa shape index (κ3) is 4.67. The van der Waals surface area contributed by atoms with Crippen molar-refractivity contribution in [2.45, 2.75) is 42.7 Å². The van der Waals surface area contributed by atoms with Gasteiger partial charge in [-0.2, -0.15) is 0 Å². The maximum atomic E-state index is 12.8. The molecule has 0 amide bonds. The van der Waals surface area contributed by atoms with E-state index in [9.17, 15) is 14.9 Å². The van der Waals surface area contributed by atoms with E-state index in [2.05, 4.69) is 19.9 Å². The van der Waals surface area contributed by atoms with E-state index in [1.807, 2.05) is 49.4 Å².